The van der Waals surface area contributed by atoms with Crippen LogP contribution in [0.4, 0.5) is 0 Å². The van der Waals surface area contributed by atoms with Crippen LogP contribution in [0.25, 0.3) is 0 Å². The number of halogens is 1. The van der Waals surface area contributed by atoms with Crippen LogP contribution < -0.4 is 18.1 Å². The Kier molecular flexibility index (Phi) is 27.0. The van der Waals surface area contributed by atoms with Crippen LogP contribution >= 0.6 is 0 Å². The lowest BCUT2D eigenvalue weighted by Crippen LogP contribution is -3.00. The zero-order valence-corrected chi connectivity index (χ0v) is 20.9. The van der Waals surface area contributed by atoms with Crippen molar-refractivity contribution in [2.45, 2.75) is 110 Å². The fourth-order valence-corrected chi connectivity index (χ4v) is 3.06. The molecule has 0 bridgehead atoms. The topological polar surface area (TPSA) is 63.3 Å². The number of hydrogen-bond donors (Lipinski definition) is 2. The Morgan fingerprint density at radius 3 is 2.00 bits per heavy atom. The number of aliphatic hydroxyl groups excluding tert-OH is 1. The zero-order chi connectivity index (χ0) is 21.7. The Morgan fingerprint density at radius 2 is 1.48 bits per heavy atom. The summed E-state index contributed by atoms with van der Waals surface area (Å²) < 4.78 is 1.09. The smallest absolute Gasteiger partial charge is 0.217 e. The summed E-state index contributed by atoms with van der Waals surface area (Å²) >= 11 is 0. The molecular weight excluding hydrogens is 384 g/mol. The lowest BCUT2D eigenvalue weighted by atomic mass is 10.1. The van der Waals surface area contributed by atoms with Gasteiger partial charge in [0.25, 0.3) is 0 Å². The SMILES string of the molecule is CCCCCC[C@@H](O)C/C=C\CCCCCCCC(N)=O.CCC[N+](C)(C)C.[Cl-]. The summed E-state index contributed by atoms with van der Waals surface area (Å²) in [6.45, 7) is 5.69. The van der Waals surface area contributed by atoms with E-state index >= 15 is 0 Å². The number of carbonyl (C=O) groups excluding carboxylic acids is 1. The quantitative estimate of drug-likeness (QED) is 0.210. The van der Waals surface area contributed by atoms with E-state index in [0.29, 0.717) is 6.42 Å². The van der Waals surface area contributed by atoms with Gasteiger partial charge in [-0.25, -0.2) is 0 Å². The largest absolute Gasteiger partial charge is 1.00 e. The highest BCUT2D eigenvalue weighted by atomic mass is 35.5. The van der Waals surface area contributed by atoms with Crippen molar-refractivity contribution in [3.05, 3.63) is 12.2 Å². The van der Waals surface area contributed by atoms with E-state index in [0.717, 1.165) is 43.0 Å². The Hall–Kier alpha value is -0.580. The average Bonchev–Trinajstić information content (AvgIpc) is 2.59. The molecule has 0 aromatic heterocycles. The van der Waals surface area contributed by atoms with Crippen LogP contribution in [0.1, 0.15) is 104 Å². The van der Waals surface area contributed by atoms with E-state index in [1.807, 2.05) is 0 Å². The molecule has 0 aromatic carbocycles. The van der Waals surface area contributed by atoms with E-state index in [1.54, 1.807) is 0 Å². The number of hydrogen-bond acceptors (Lipinski definition) is 2. The molecular formula is C24H51ClN2O2. The minimum atomic E-state index is -0.189. The molecule has 0 spiro atoms. The van der Waals surface area contributed by atoms with E-state index < -0.39 is 0 Å². The molecule has 0 radical (unpaired) electrons. The molecule has 0 aliphatic rings. The van der Waals surface area contributed by atoms with Crippen molar-refractivity contribution >= 4 is 5.91 Å². The molecule has 0 heterocycles. The molecule has 0 saturated heterocycles. The first-order valence-corrected chi connectivity index (χ1v) is 11.6. The molecule has 3 N–H and O–H groups in total. The van der Waals surface area contributed by atoms with Crippen LogP contribution in [0.15, 0.2) is 12.2 Å². The Bertz CT molecular complexity index is 368. The maximum Gasteiger partial charge on any atom is 0.217 e. The van der Waals surface area contributed by atoms with Crippen molar-refractivity contribution in [1.29, 1.82) is 0 Å². The molecule has 0 unspecified atom stereocenters. The highest BCUT2D eigenvalue weighted by molar-refractivity contribution is 5.73. The van der Waals surface area contributed by atoms with Gasteiger partial charge in [0.05, 0.1) is 33.8 Å². The van der Waals surface area contributed by atoms with Gasteiger partial charge in [0.2, 0.25) is 5.91 Å². The normalized spacial score (nSPS) is 12.2. The number of nitrogens with zero attached hydrogens (tertiary/aromatic N) is 1. The number of unbranched alkanes of at least 4 members (excludes halogenated alkanes) is 8. The van der Waals surface area contributed by atoms with Crippen molar-refractivity contribution in [3.63, 3.8) is 0 Å². The molecule has 0 saturated carbocycles. The van der Waals surface area contributed by atoms with E-state index in [1.165, 1.54) is 51.5 Å². The standard InChI is InChI=1S/C18H35NO2.C6H16N.ClH/c1-2-3-4-11-14-17(20)15-12-9-7-5-6-8-10-13-16-18(19)21;1-5-6-7(2,3)4;/h9,12,17,20H,2-8,10-11,13-16H2,1H3,(H2,19,21);5-6H2,1-4H3;1H/q;+1;/p-1/b12-9-;;/t17-;;/m1../s1. The lowest BCUT2D eigenvalue weighted by Gasteiger charge is -2.22. The number of allylic oxidation sites excluding steroid dienone is 1. The third-order valence-corrected chi connectivity index (χ3v) is 4.65. The van der Waals surface area contributed by atoms with Crippen LogP contribution in [-0.4, -0.2) is 49.3 Å². The van der Waals surface area contributed by atoms with Crippen LogP contribution in [0, 0.1) is 0 Å². The highest BCUT2D eigenvalue weighted by Gasteiger charge is 2.01. The molecule has 0 fully saturated rings. The zero-order valence-electron chi connectivity index (χ0n) is 20.1. The molecule has 0 aromatic rings. The van der Waals surface area contributed by atoms with Gasteiger partial charge in [0.15, 0.2) is 0 Å². The van der Waals surface area contributed by atoms with Crippen molar-refractivity contribution in [2.75, 3.05) is 27.7 Å². The summed E-state index contributed by atoms with van der Waals surface area (Å²) in [4.78, 5) is 10.6. The molecule has 5 heteroatoms. The number of nitrogens with two attached hydrogens (primary N) is 1. The maximum absolute atomic E-state index is 10.6. The Balaban J connectivity index is -0.000000721. The van der Waals surface area contributed by atoms with Crippen LogP contribution in [0.2, 0.25) is 0 Å². The fraction of sp³-hybridized carbons (Fsp3) is 0.875. The van der Waals surface area contributed by atoms with Gasteiger partial charge < -0.3 is 27.7 Å². The summed E-state index contributed by atoms with van der Waals surface area (Å²) in [6.07, 6.45) is 19.3. The number of quaternary nitrogens is 1. The summed E-state index contributed by atoms with van der Waals surface area (Å²) in [5.74, 6) is -0.189. The van der Waals surface area contributed by atoms with E-state index in [-0.39, 0.29) is 24.4 Å². The molecule has 1 amide bonds. The van der Waals surface area contributed by atoms with E-state index in [4.69, 9.17) is 5.73 Å². The highest BCUT2D eigenvalue weighted by Crippen LogP contribution is 2.10. The minimum Gasteiger partial charge on any atom is -1.00 e. The van der Waals surface area contributed by atoms with E-state index in [9.17, 15) is 9.90 Å². The third-order valence-electron chi connectivity index (χ3n) is 4.65. The Morgan fingerprint density at radius 1 is 0.897 bits per heavy atom. The first kappa shape index (κ1) is 33.1. The summed E-state index contributed by atoms with van der Waals surface area (Å²) in [5, 5.41) is 9.80. The molecule has 0 rings (SSSR count). The van der Waals surface area contributed by atoms with Gasteiger partial charge in [-0.15, -0.1) is 0 Å². The monoisotopic (exact) mass is 434 g/mol. The third kappa shape index (κ3) is 35.2. The predicted octanol–water partition coefficient (Wildman–Crippen LogP) is 2.59. The van der Waals surface area contributed by atoms with Crippen LogP contribution in [0.5, 0.6) is 0 Å². The number of aliphatic hydroxyl groups is 1. The second-order valence-corrected chi connectivity index (χ2v) is 9.00. The Labute approximate surface area is 188 Å². The van der Waals surface area contributed by atoms with Gasteiger partial charge in [0, 0.05) is 6.42 Å². The number of rotatable bonds is 17. The van der Waals surface area contributed by atoms with Gasteiger partial charge in [-0.2, -0.15) is 0 Å². The molecule has 176 valence electrons. The van der Waals surface area contributed by atoms with Gasteiger partial charge >= 0.3 is 0 Å². The minimum absolute atomic E-state index is 0. The second-order valence-electron chi connectivity index (χ2n) is 9.00. The second kappa shape index (κ2) is 23.7. The fourth-order valence-electron chi connectivity index (χ4n) is 3.06. The van der Waals surface area contributed by atoms with Gasteiger partial charge in [-0.3, -0.25) is 4.79 Å². The van der Waals surface area contributed by atoms with Gasteiger partial charge in [-0.05, 0) is 38.5 Å². The van der Waals surface area contributed by atoms with Crippen molar-refractivity contribution in [1.82, 2.24) is 0 Å². The average molecular weight is 435 g/mol. The molecule has 0 aliphatic heterocycles. The number of amides is 1. The summed E-state index contributed by atoms with van der Waals surface area (Å²) in [6, 6.07) is 0. The predicted molar refractivity (Wildman–Crippen MR) is 123 cm³/mol. The van der Waals surface area contributed by atoms with Crippen LogP contribution in [-0.2, 0) is 4.79 Å². The summed E-state index contributed by atoms with van der Waals surface area (Å²) in [5.41, 5.74) is 5.09. The van der Waals surface area contributed by atoms with Gasteiger partial charge in [0.1, 0.15) is 0 Å². The maximum atomic E-state index is 10.6. The lowest BCUT2D eigenvalue weighted by molar-refractivity contribution is -0.870. The van der Waals surface area contributed by atoms with Crippen LogP contribution in [0.3, 0.4) is 0 Å². The van der Waals surface area contributed by atoms with Gasteiger partial charge in [-0.1, -0.05) is 70.9 Å². The van der Waals surface area contributed by atoms with Crippen molar-refractivity contribution in [3.8, 4) is 0 Å². The molecule has 1 atom stereocenters. The first-order chi connectivity index (χ1) is 13.2. The summed E-state index contributed by atoms with van der Waals surface area (Å²) in [7, 11) is 6.64. The first-order valence-electron chi connectivity index (χ1n) is 11.6. The molecule has 29 heavy (non-hydrogen) atoms. The van der Waals surface area contributed by atoms with E-state index in [2.05, 4.69) is 47.1 Å². The molecule has 4 nitrogen and oxygen atoms in total. The van der Waals surface area contributed by atoms with Crippen molar-refractivity contribution in [2.24, 2.45) is 5.73 Å². The number of primary amides is 1. The number of carbonyl (C=O) groups is 1. The molecule has 0 aliphatic carbocycles. The van der Waals surface area contributed by atoms with Crippen molar-refractivity contribution < 1.29 is 26.8 Å².